The Balaban J connectivity index is -0.000000149. The first kappa shape index (κ1) is 37.9. The molecule has 1 aromatic rings. The quantitative estimate of drug-likeness (QED) is 0.120. The van der Waals surface area contributed by atoms with Gasteiger partial charge in [-0.3, -0.25) is 0 Å². The van der Waals surface area contributed by atoms with Gasteiger partial charge in [0.2, 0.25) is 0 Å². The smallest absolute Gasteiger partial charge is 4.00 e. The predicted molar refractivity (Wildman–Crippen MR) is 142 cm³/mol. The number of rotatable bonds is 13. The van der Waals surface area contributed by atoms with Crippen LogP contribution >= 0.6 is 0 Å². The second-order valence-corrected chi connectivity index (χ2v) is 13.6. The van der Waals surface area contributed by atoms with Crippen LogP contribution < -0.4 is 4.40 Å². The van der Waals surface area contributed by atoms with Crippen LogP contribution in [0, 0.1) is 0 Å². The molecule has 0 fully saturated rings. The van der Waals surface area contributed by atoms with E-state index in [1.54, 1.807) is 4.40 Å². The summed E-state index contributed by atoms with van der Waals surface area (Å²) in [5.41, 5.74) is 0. The summed E-state index contributed by atoms with van der Waals surface area (Å²) in [7, 11) is 0. The summed E-state index contributed by atoms with van der Waals surface area (Å²) in [6, 6.07) is 8.73. The molecule has 0 amide bonds. The molecule has 0 radical (unpaired) electrons. The molecule has 0 aliphatic heterocycles. The van der Waals surface area contributed by atoms with Gasteiger partial charge in [-0.1, -0.05) is 80.1 Å². The molecule has 3 nitrogen and oxygen atoms in total. The van der Waals surface area contributed by atoms with E-state index in [0.29, 0.717) is 0 Å². The van der Waals surface area contributed by atoms with Gasteiger partial charge in [0.25, 0.3) is 0 Å². The fourth-order valence-electron chi connectivity index (χ4n) is 2.06. The van der Waals surface area contributed by atoms with Crippen molar-refractivity contribution < 1.29 is 25.8 Å². The zero-order valence-corrected chi connectivity index (χ0v) is 27.7. The van der Waals surface area contributed by atoms with Crippen molar-refractivity contribution in [2.45, 2.75) is 91.6 Å². The van der Waals surface area contributed by atoms with Crippen LogP contribution in [0.3, 0.4) is 0 Å². The predicted octanol–water partition coefficient (Wildman–Crippen LogP) is 7.64. The molecule has 0 saturated heterocycles. The van der Waals surface area contributed by atoms with Crippen LogP contribution in [0.4, 0.5) is 0 Å². The molecule has 176 valence electrons. The Kier molecular flexibility index (Phi) is 46.8. The maximum Gasteiger partial charge on any atom is 4.00 e. The standard InChI is InChI=1S/C7H11Ge.3C6H14N.Hf/c1-8(2)7-5-3-4-6-7;3*1-3-5-7-6-4-2;/h3-6,8H,1-2H3;3*3-6H2,1-2H3;/q4*-1;+4. The monoisotopic (exact) mass is 649 g/mol. The summed E-state index contributed by atoms with van der Waals surface area (Å²) in [5, 5.41) is 12.6. The number of hydrogen-bond acceptors (Lipinski definition) is 0. The Morgan fingerprint density at radius 1 is 0.533 bits per heavy atom. The molecule has 1 aromatic carbocycles. The first-order chi connectivity index (χ1) is 14.0. The van der Waals surface area contributed by atoms with Gasteiger partial charge in [0.1, 0.15) is 0 Å². The van der Waals surface area contributed by atoms with Crippen LogP contribution in [0.25, 0.3) is 16.0 Å². The van der Waals surface area contributed by atoms with Crippen molar-refractivity contribution in [3.63, 3.8) is 0 Å². The van der Waals surface area contributed by atoms with Crippen molar-refractivity contribution in [1.82, 2.24) is 0 Å². The van der Waals surface area contributed by atoms with Gasteiger partial charge in [-0.2, -0.15) is 0 Å². The molecule has 5 heteroatoms. The van der Waals surface area contributed by atoms with E-state index in [4.69, 9.17) is 0 Å². The van der Waals surface area contributed by atoms with Crippen LogP contribution in [-0.2, 0) is 25.8 Å². The summed E-state index contributed by atoms with van der Waals surface area (Å²) < 4.78 is 1.62. The Hall–Kier alpha value is 0.643. The van der Waals surface area contributed by atoms with Gasteiger partial charge < -0.3 is 16.0 Å². The Morgan fingerprint density at radius 3 is 0.900 bits per heavy atom. The van der Waals surface area contributed by atoms with Crippen molar-refractivity contribution in [1.29, 1.82) is 0 Å². The summed E-state index contributed by atoms with van der Waals surface area (Å²) in [6.07, 6.45) is 7.17. The van der Waals surface area contributed by atoms with Crippen LogP contribution in [0.2, 0.25) is 11.5 Å². The normalized spacial score (nSPS) is 9.37. The van der Waals surface area contributed by atoms with E-state index in [1.165, 1.54) is 38.5 Å². The van der Waals surface area contributed by atoms with Crippen LogP contribution in [-0.4, -0.2) is 53.6 Å². The minimum absolute atomic E-state index is 0. The average Bonchev–Trinajstić information content (AvgIpc) is 3.26. The molecule has 0 bridgehead atoms. The first-order valence-corrected chi connectivity index (χ1v) is 18.2. The zero-order valence-electron chi connectivity index (χ0n) is 21.7. The average molecular weight is 647 g/mol. The maximum absolute atomic E-state index is 4.21. The summed E-state index contributed by atoms with van der Waals surface area (Å²) >= 11 is -0.888. The fraction of sp³-hybridized carbons (Fsp3) is 0.800. The molecule has 0 aliphatic carbocycles. The molecule has 0 saturated carbocycles. The van der Waals surface area contributed by atoms with Gasteiger partial charge >= 0.3 is 80.4 Å². The molecule has 0 unspecified atom stereocenters. The Morgan fingerprint density at radius 2 is 0.767 bits per heavy atom. The van der Waals surface area contributed by atoms with Crippen LogP contribution in [0.5, 0.6) is 0 Å². The molecule has 1 rings (SSSR count). The van der Waals surface area contributed by atoms with Gasteiger partial charge in [0.05, 0.1) is 0 Å². The molecule has 0 heterocycles. The van der Waals surface area contributed by atoms with Gasteiger partial charge in [-0.15, -0.1) is 39.3 Å². The van der Waals surface area contributed by atoms with Crippen molar-refractivity contribution in [3.05, 3.63) is 40.2 Å². The van der Waals surface area contributed by atoms with Gasteiger partial charge in [-0.25, -0.2) is 0 Å². The van der Waals surface area contributed by atoms with Gasteiger partial charge in [-0.05, 0) is 0 Å². The van der Waals surface area contributed by atoms with Crippen molar-refractivity contribution in [3.8, 4) is 0 Å². The minimum Gasteiger partial charge on any atom is 4.00 e. The van der Waals surface area contributed by atoms with Crippen LogP contribution in [0.15, 0.2) is 24.3 Å². The molecule has 0 spiro atoms. The third kappa shape index (κ3) is 39.2. The second kappa shape index (κ2) is 37.0. The Bertz CT molecular complexity index is 310. The van der Waals surface area contributed by atoms with Gasteiger partial charge in [0.15, 0.2) is 0 Å². The molecule has 0 N–H and O–H groups in total. The van der Waals surface area contributed by atoms with Gasteiger partial charge in [0, 0.05) is 0 Å². The fourth-order valence-corrected chi connectivity index (χ4v) is 4.14. The van der Waals surface area contributed by atoms with E-state index >= 15 is 0 Å². The summed E-state index contributed by atoms with van der Waals surface area (Å²) in [6.45, 7) is 19.2. The number of hydrogen-bond donors (Lipinski definition) is 0. The van der Waals surface area contributed by atoms with Crippen LogP contribution in [0.1, 0.15) is 80.1 Å². The third-order valence-electron chi connectivity index (χ3n) is 3.65. The third-order valence-corrected chi connectivity index (χ3v) is 7.25. The van der Waals surface area contributed by atoms with E-state index in [2.05, 4.69) is 93.3 Å². The molecular weight excluding hydrogens is 593 g/mol. The summed E-state index contributed by atoms with van der Waals surface area (Å²) in [5.74, 6) is 4.78. The molecule has 30 heavy (non-hydrogen) atoms. The molecule has 0 aromatic heterocycles. The molecule has 0 atom stereocenters. The van der Waals surface area contributed by atoms with Crippen molar-refractivity contribution in [2.24, 2.45) is 0 Å². The van der Waals surface area contributed by atoms with Crippen molar-refractivity contribution >= 4 is 18.7 Å². The topological polar surface area (TPSA) is 42.3 Å². The largest absolute Gasteiger partial charge is 4.00 e. The first-order valence-electron chi connectivity index (χ1n) is 12.2. The molecule has 0 aliphatic rings. The zero-order chi connectivity index (χ0) is 22.6. The minimum atomic E-state index is -0.888. The maximum atomic E-state index is 4.21. The van der Waals surface area contributed by atoms with E-state index in [9.17, 15) is 0 Å². The van der Waals surface area contributed by atoms with E-state index < -0.39 is 14.3 Å². The SMILES string of the molecule is CCC[N-]CCC.CCC[N-]CCC.CCC[N-]CCC.[CH3][GeH]([CH3])[c-]1cccc1.[Hf+4]. The van der Waals surface area contributed by atoms with E-state index in [0.717, 1.165) is 39.3 Å². The van der Waals surface area contributed by atoms with E-state index in [-0.39, 0.29) is 25.8 Å². The molecular formula is C25H53GeHfN3. The Labute approximate surface area is 214 Å². The van der Waals surface area contributed by atoms with Crippen molar-refractivity contribution in [2.75, 3.05) is 39.3 Å². The summed E-state index contributed by atoms with van der Waals surface area (Å²) in [4.78, 5) is 0. The van der Waals surface area contributed by atoms with E-state index in [1.807, 2.05) is 0 Å². The number of nitrogens with zero attached hydrogens (tertiary/aromatic N) is 3. The second-order valence-electron chi connectivity index (χ2n) is 7.39.